The molecule has 1 saturated carbocycles. The summed E-state index contributed by atoms with van der Waals surface area (Å²) in [7, 11) is 0. The van der Waals surface area contributed by atoms with Gasteiger partial charge in [0, 0.05) is 10.8 Å². The largest absolute Gasteiger partial charge is 0.396 e. The molecule has 0 aromatic rings. The third-order valence-electron chi connectivity index (χ3n) is 4.77. The molecule has 3 nitrogen and oxygen atoms in total. The summed E-state index contributed by atoms with van der Waals surface area (Å²) in [6, 6.07) is 0. The number of hydrogen-bond acceptors (Lipinski definition) is 3. The van der Waals surface area contributed by atoms with E-state index in [0.717, 1.165) is 6.42 Å². The number of aliphatic hydroxyl groups excluding tert-OH is 1. The van der Waals surface area contributed by atoms with E-state index in [1.54, 1.807) is 12.2 Å². The molecule has 1 N–H and O–H groups in total. The Balaban J connectivity index is 2.75. The molecule has 3 unspecified atom stereocenters. The van der Waals surface area contributed by atoms with E-state index in [1.807, 2.05) is 0 Å². The standard InChI is InChI=1S/C16H28O3/c1-5-9-18-12-15(4,11-17)16(8-7-14(16)3)13-19-10-6-2/h5-6,14,17H,1-2,7-13H2,3-4H3. The second kappa shape index (κ2) is 7.22. The van der Waals surface area contributed by atoms with Crippen LogP contribution in [-0.2, 0) is 9.47 Å². The van der Waals surface area contributed by atoms with Crippen molar-refractivity contribution < 1.29 is 14.6 Å². The minimum absolute atomic E-state index is 0.00588. The molecule has 0 aromatic carbocycles. The summed E-state index contributed by atoms with van der Waals surface area (Å²) in [6.07, 6.45) is 5.78. The van der Waals surface area contributed by atoms with Gasteiger partial charge in [-0.25, -0.2) is 0 Å². The molecule has 0 aliphatic heterocycles. The fourth-order valence-electron chi connectivity index (χ4n) is 3.11. The van der Waals surface area contributed by atoms with Gasteiger partial charge in [0.1, 0.15) is 0 Å². The quantitative estimate of drug-likeness (QED) is 0.489. The van der Waals surface area contributed by atoms with E-state index in [2.05, 4.69) is 27.0 Å². The van der Waals surface area contributed by atoms with Crippen molar-refractivity contribution >= 4 is 0 Å². The highest BCUT2D eigenvalue weighted by molar-refractivity contribution is 5.04. The molecule has 1 fully saturated rings. The Kier molecular flexibility index (Phi) is 6.24. The summed E-state index contributed by atoms with van der Waals surface area (Å²) in [5.41, 5.74) is -0.263. The molecular weight excluding hydrogens is 240 g/mol. The van der Waals surface area contributed by atoms with Gasteiger partial charge in [0.2, 0.25) is 0 Å². The zero-order valence-electron chi connectivity index (χ0n) is 12.4. The third-order valence-corrected chi connectivity index (χ3v) is 4.77. The van der Waals surface area contributed by atoms with Gasteiger partial charge in [-0.2, -0.15) is 0 Å². The molecule has 1 aliphatic rings. The summed E-state index contributed by atoms with van der Waals surface area (Å²) in [5.74, 6) is 0.543. The van der Waals surface area contributed by atoms with Crippen LogP contribution in [0.25, 0.3) is 0 Å². The average Bonchev–Trinajstić information content (AvgIpc) is 2.42. The second-order valence-corrected chi connectivity index (χ2v) is 5.92. The minimum Gasteiger partial charge on any atom is -0.396 e. The van der Waals surface area contributed by atoms with Crippen LogP contribution in [0.1, 0.15) is 26.7 Å². The van der Waals surface area contributed by atoms with E-state index in [-0.39, 0.29) is 17.4 Å². The molecule has 1 aliphatic carbocycles. The second-order valence-electron chi connectivity index (χ2n) is 5.92. The highest BCUT2D eigenvalue weighted by Gasteiger charge is 2.56. The van der Waals surface area contributed by atoms with Crippen molar-refractivity contribution in [3.8, 4) is 0 Å². The van der Waals surface area contributed by atoms with Gasteiger partial charge >= 0.3 is 0 Å². The molecule has 0 radical (unpaired) electrons. The van der Waals surface area contributed by atoms with E-state index < -0.39 is 0 Å². The molecule has 19 heavy (non-hydrogen) atoms. The van der Waals surface area contributed by atoms with Crippen molar-refractivity contribution in [2.75, 3.05) is 33.0 Å². The molecule has 3 heteroatoms. The van der Waals surface area contributed by atoms with Crippen molar-refractivity contribution in [1.29, 1.82) is 0 Å². The predicted molar refractivity (Wildman–Crippen MR) is 78.1 cm³/mol. The fourth-order valence-corrected chi connectivity index (χ4v) is 3.11. The maximum Gasteiger partial charge on any atom is 0.0645 e. The summed E-state index contributed by atoms with van der Waals surface area (Å²) < 4.78 is 11.3. The van der Waals surface area contributed by atoms with Gasteiger partial charge in [0.15, 0.2) is 0 Å². The molecule has 0 heterocycles. The monoisotopic (exact) mass is 268 g/mol. The zero-order chi connectivity index (χ0) is 14.4. The van der Waals surface area contributed by atoms with Gasteiger partial charge in [-0.15, -0.1) is 13.2 Å². The Morgan fingerprint density at radius 1 is 1.32 bits per heavy atom. The lowest BCUT2D eigenvalue weighted by Crippen LogP contribution is -2.57. The highest BCUT2D eigenvalue weighted by Crippen LogP contribution is 2.57. The number of hydrogen-bond donors (Lipinski definition) is 1. The first kappa shape index (κ1) is 16.4. The maximum atomic E-state index is 9.88. The van der Waals surface area contributed by atoms with E-state index in [9.17, 15) is 5.11 Å². The molecule has 3 atom stereocenters. The lowest BCUT2D eigenvalue weighted by atomic mass is 9.49. The lowest BCUT2D eigenvalue weighted by molar-refractivity contribution is -0.173. The number of rotatable bonds is 10. The lowest BCUT2D eigenvalue weighted by Gasteiger charge is -2.58. The molecule has 0 amide bonds. The highest BCUT2D eigenvalue weighted by atomic mass is 16.5. The predicted octanol–water partition coefficient (Wildman–Crippen LogP) is 2.81. The van der Waals surface area contributed by atoms with Crippen molar-refractivity contribution in [2.24, 2.45) is 16.7 Å². The Bertz CT molecular complexity index is 302. The van der Waals surface area contributed by atoms with Crippen LogP contribution in [-0.4, -0.2) is 38.1 Å². The van der Waals surface area contributed by atoms with E-state index in [0.29, 0.717) is 32.3 Å². The summed E-state index contributed by atoms with van der Waals surface area (Å²) >= 11 is 0. The van der Waals surface area contributed by atoms with E-state index in [1.165, 1.54) is 6.42 Å². The Labute approximate surface area is 117 Å². The maximum absolute atomic E-state index is 9.88. The van der Waals surface area contributed by atoms with Gasteiger partial charge in [-0.05, 0) is 18.8 Å². The number of aliphatic hydroxyl groups is 1. The number of ether oxygens (including phenoxy) is 2. The summed E-state index contributed by atoms with van der Waals surface area (Å²) in [5, 5.41) is 9.88. The normalized spacial score (nSPS) is 29.3. The first-order valence-corrected chi connectivity index (χ1v) is 7.04. The van der Waals surface area contributed by atoms with Gasteiger partial charge in [0.05, 0.1) is 33.0 Å². The first-order valence-electron chi connectivity index (χ1n) is 7.04. The molecule has 0 saturated heterocycles. The average molecular weight is 268 g/mol. The van der Waals surface area contributed by atoms with Crippen molar-refractivity contribution in [3.05, 3.63) is 25.3 Å². The van der Waals surface area contributed by atoms with Crippen LogP contribution in [0.5, 0.6) is 0 Å². The van der Waals surface area contributed by atoms with Crippen LogP contribution in [0.15, 0.2) is 25.3 Å². The molecule has 1 rings (SSSR count). The third kappa shape index (κ3) is 3.28. The molecule has 110 valence electrons. The molecule has 0 aromatic heterocycles. The Morgan fingerprint density at radius 2 is 1.95 bits per heavy atom. The van der Waals surface area contributed by atoms with Crippen LogP contribution in [0.4, 0.5) is 0 Å². The van der Waals surface area contributed by atoms with E-state index >= 15 is 0 Å². The Morgan fingerprint density at radius 3 is 2.37 bits per heavy atom. The van der Waals surface area contributed by atoms with Gasteiger partial charge < -0.3 is 14.6 Å². The fraction of sp³-hybridized carbons (Fsp3) is 0.750. The SMILES string of the molecule is C=CCOCC(C)(CO)C1(COCC=C)CCC1C. The van der Waals surface area contributed by atoms with Crippen molar-refractivity contribution in [2.45, 2.75) is 26.7 Å². The summed E-state index contributed by atoms with van der Waals surface area (Å²) in [4.78, 5) is 0. The van der Waals surface area contributed by atoms with Crippen LogP contribution in [0, 0.1) is 16.7 Å². The Hall–Kier alpha value is -0.640. The van der Waals surface area contributed by atoms with Gasteiger partial charge in [-0.1, -0.05) is 26.0 Å². The topological polar surface area (TPSA) is 38.7 Å². The van der Waals surface area contributed by atoms with Crippen molar-refractivity contribution in [1.82, 2.24) is 0 Å². The van der Waals surface area contributed by atoms with Gasteiger partial charge in [-0.3, -0.25) is 0 Å². The minimum atomic E-state index is -0.269. The van der Waals surface area contributed by atoms with Crippen LogP contribution in [0.3, 0.4) is 0 Å². The van der Waals surface area contributed by atoms with Crippen LogP contribution >= 0.6 is 0 Å². The molecule has 0 spiro atoms. The van der Waals surface area contributed by atoms with Crippen LogP contribution < -0.4 is 0 Å². The molecule has 0 bridgehead atoms. The van der Waals surface area contributed by atoms with Crippen molar-refractivity contribution in [3.63, 3.8) is 0 Å². The smallest absolute Gasteiger partial charge is 0.0645 e. The summed E-state index contributed by atoms with van der Waals surface area (Å²) in [6.45, 7) is 14.1. The molecular formula is C16H28O3. The van der Waals surface area contributed by atoms with Gasteiger partial charge in [0.25, 0.3) is 0 Å². The van der Waals surface area contributed by atoms with Crippen LogP contribution in [0.2, 0.25) is 0 Å². The zero-order valence-corrected chi connectivity index (χ0v) is 12.4. The van der Waals surface area contributed by atoms with E-state index in [4.69, 9.17) is 9.47 Å². The first-order chi connectivity index (χ1) is 9.06.